The van der Waals surface area contributed by atoms with Crippen molar-refractivity contribution in [2.75, 3.05) is 23.3 Å². The molecule has 0 spiro atoms. The van der Waals surface area contributed by atoms with Gasteiger partial charge in [0, 0.05) is 36.5 Å². The third-order valence-electron chi connectivity index (χ3n) is 5.20. The summed E-state index contributed by atoms with van der Waals surface area (Å²) in [6.07, 6.45) is 4.91. The molecule has 2 saturated heterocycles. The minimum Gasteiger partial charge on any atom is -0.505 e. The maximum Gasteiger partial charge on any atom is 0.240 e. The van der Waals surface area contributed by atoms with Crippen LogP contribution in [-0.4, -0.2) is 56.9 Å². The van der Waals surface area contributed by atoms with Gasteiger partial charge in [0.15, 0.2) is 22.4 Å². The van der Waals surface area contributed by atoms with Crippen molar-refractivity contribution in [2.24, 2.45) is 10.2 Å². The summed E-state index contributed by atoms with van der Waals surface area (Å²) < 4.78 is 0. The molecule has 1 unspecified atom stereocenters. The summed E-state index contributed by atoms with van der Waals surface area (Å²) in [7, 11) is 0. The van der Waals surface area contributed by atoms with Crippen molar-refractivity contribution in [3.63, 3.8) is 0 Å². The third kappa shape index (κ3) is 6.41. The van der Waals surface area contributed by atoms with E-state index in [0.717, 1.165) is 36.8 Å². The number of nitrogens with zero attached hydrogens (tertiary/aromatic N) is 3. The molecule has 0 aliphatic carbocycles. The van der Waals surface area contributed by atoms with Gasteiger partial charge >= 0.3 is 0 Å². The Hall–Kier alpha value is -3.73. The van der Waals surface area contributed by atoms with E-state index >= 15 is 0 Å². The largest absolute Gasteiger partial charge is 0.505 e. The number of amidine groups is 1. The monoisotopic (exact) mass is 485 g/mol. The van der Waals surface area contributed by atoms with Crippen molar-refractivity contribution in [2.45, 2.75) is 31.4 Å². The van der Waals surface area contributed by atoms with E-state index in [2.05, 4.69) is 32.3 Å². The maximum absolute atomic E-state index is 12.4. The molecule has 1 aromatic carbocycles. The fourth-order valence-corrected chi connectivity index (χ4v) is 4.31. The molecular formula is C23H27N5O5S. The van der Waals surface area contributed by atoms with Crippen LogP contribution in [0.1, 0.15) is 26.2 Å². The Labute approximate surface area is 201 Å². The van der Waals surface area contributed by atoms with Gasteiger partial charge < -0.3 is 30.9 Å². The van der Waals surface area contributed by atoms with E-state index in [4.69, 9.17) is 5.11 Å². The van der Waals surface area contributed by atoms with Gasteiger partial charge in [-0.2, -0.15) is 5.10 Å². The number of carbonyl (C=O) groups is 2. The molecule has 5 N–H and O–H groups in total. The summed E-state index contributed by atoms with van der Waals surface area (Å²) >= 11 is 1.07. The second kappa shape index (κ2) is 11.4. The Morgan fingerprint density at radius 2 is 1.91 bits per heavy atom. The Balaban J connectivity index is 1.54. The molecule has 1 atom stereocenters. The predicted octanol–water partition coefficient (Wildman–Crippen LogP) is 3.53. The molecule has 2 aliphatic heterocycles. The lowest BCUT2D eigenvalue weighted by Gasteiger charge is -2.17. The van der Waals surface area contributed by atoms with Crippen LogP contribution in [0.4, 0.5) is 11.4 Å². The lowest BCUT2D eigenvalue weighted by atomic mass is 10.2. The molecule has 3 rings (SSSR count). The quantitative estimate of drug-likeness (QED) is 0.164. The van der Waals surface area contributed by atoms with Gasteiger partial charge in [0.25, 0.3) is 0 Å². The van der Waals surface area contributed by atoms with E-state index in [9.17, 15) is 19.8 Å². The smallest absolute Gasteiger partial charge is 0.240 e. The molecule has 2 heterocycles. The first kappa shape index (κ1) is 24.9. The number of carbonyl (C=O) groups excluding carboxylic acids is 2. The zero-order chi connectivity index (χ0) is 24.7. The molecule has 0 saturated carbocycles. The third-order valence-corrected chi connectivity index (χ3v) is 6.27. The number of aliphatic hydroxyl groups excluding tert-OH is 3. The second-order valence-electron chi connectivity index (χ2n) is 7.63. The van der Waals surface area contributed by atoms with Gasteiger partial charge in [-0.05, 0) is 44.0 Å². The highest BCUT2D eigenvalue weighted by Crippen LogP contribution is 2.25. The SMILES string of the molecule is C=C(O)\C(O)=C(O)/C(/C=N\N=C1/NC(=O)C(CC(=O)Nc2ccc(N3CCCC3)cc2)S1)=C\C. The highest BCUT2D eigenvalue weighted by molar-refractivity contribution is 8.15. The standard InChI is InChI=1S/C23H27N5O5S/c1-3-15(21(32)20(31)14(2)29)13-24-27-23-26-22(33)18(34-23)12-19(30)25-16-6-8-17(9-7-16)28-10-4-5-11-28/h3,6-9,13,18,29,31-32H,2,4-5,10-12H2,1H3,(H,25,30)(H,26,27,33)/b15-3-,21-20-,24-13-. The van der Waals surface area contributed by atoms with Gasteiger partial charge in [-0.15, -0.1) is 5.10 Å². The number of nitrogens with one attached hydrogen (secondary N) is 2. The van der Waals surface area contributed by atoms with E-state index in [1.54, 1.807) is 6.92 Å². The summed E-state index contributed by atoms with van der Waals surface area (Å²) in [5.41, 5.74) is 1.87. The van der Waals surface area contributed by atoms with Crippen molar-refractivity contribution >= 4 is 46.3 Å². The number of allylic oxidation sites excluding steroid dienone is 2. The molecule has 0 aromatic heterocycles. The summed E-state index contributed by atoms with van der Waals surface area (Å²) in [5.74, 6) is -2.75. The average molecular weight is 486 g/mol. The lowest BCUT2D eigenvalue weighted by molar-refractivity contribution is -0.122. The molecule has 11 heteroatoms. The predicted molar refractivity (Wildman–Crippen MR) is 134 cm³/mol. The molecular weight excluding hydrogens is 458 g/mol. The molecule has 2 fully saturated rings. The number of amides is 2. The molecule has 34 heavy (non-hydrogen) atoms. The van der Waals surface area contributed by atoms with Crippen LogP contribution >= 0.6 is 11.8 Å². The average Bonchev–Trinajstić information content (AvgIpc) is 3.46. The van der Waals surface area contributed by atoms with Crippen LogP contribution in [0.25, 0.3) is 0 Å². The Bertz CT molecular complexity index is 1070. The first-order valence-corrected chi connectivity index (χ1v) is 11.6. The van der Waals surface area contributed by atoms with E-state index in [1.165, 1.54) is 18.9 Å². The molecule has 0 bridgehead atoms. The summed E-state index contributed by atoms with van der Waals surface area (Å²) in [4.78, 5) is 26.9. The molecule has 0 radical (unpaired) electrons. The van der Waals surface area contributed by atoms with Gasteiger partial charge in [-0.1, -0.05) is 24.4 Å². The van der Waals surface area contributed by atoms with Crippen molar-refractivity contribution < 1.29 is 24.9 Å². The number of anilines is 2. The van der Waals surface area contributed by atoms with Crippen molar-refractivity contribution in [1.29, 1.82) is 0 Å². The number of aliphatic hydroxyl groups is 3. The summed E-state index contributed by atoms with van der Waals surface area (Å²) in [6, 6.07) is 7.65. The van der Waals surface area contributed by atoms with Crippen LogP contribution in [0.3, 0.4) is 0 Å². The first-order chi connectivity index (χ1) is 16.3. The first-order valence-electron chi connectivity index (χ1n) is 10.7. The van der Waals surface area contributed by atoms with Crippen LogP contribution < -0.4 is 15.5 Å². The van der Waals surface area contributed by atoms with Gasteiger partial charge in [0.05, 0.1) is 6.21 Å². The topological polar surface area (TPSA) is 147 Å². The molecule has 1 aromatic rings. The van der Waals surface area contributed by atoms with Crippen LogP contribution in [0.5, 0.6) is 0 Å². The van der Waals surface area contributed by atoms with Crippen LogP contribution in [-0.2, 0) is 9.59 Å². The van der Waals surface area contributed by atoms with Crippen molar-refractivity contribution in [1.82, 2.24) is 5.32 Å². The van der Waals surface area contributed by atoms with Gasteiger partial charge in [-0.3, -0.25) is 9.59 Å². The normalized spacial score (nSPS) is 20.6. The van der Waals surface area contributed by atoms with Crippen molar-refractivity contribution in [3.05, 3.63) is 59.8 Å². The fourth-order valence-electron chi connectivity index (χ4n) is 3.39. The zero-order valence-electron chi connectivity index (χ0n) is 18.7. The van der Waals surface area contributed by atoms with Crippen LogP contribution in [0, 0.1) is 0 Å². The van der Waals surface area contributed by atoms with E-state index in [1.807, 2.05) is 24.3 Å². The van der Waals surface area contributed by atoms with Crippen LogP contribution in [0.2, 0.25) is 0 Å². The zero-order valence-corrected chi connectivity index (χ0v) is 19.5. The minimum absolute atomic E-state index is 0.0385. The van der Waals surface area contributed by atoms with E-state index < -0.39 is 22.5 Å². The number of hydrogen-bond donors (Lipinski definition) is 5. The number of rotatable bonds is 8. The lowest BCUT2D eigenvalue weighted by Crippen LogP contribution is -2.28. The minimum atomic E-state index is -0.785. The van der Waals surface area contributed by atoms with E-state index in [0.29, 0.717) is 5.69 Å². The van der Waals surface area contributed by atoms with Crippen molar-refractivity contribution in [3.8, 4) is 0 Å². The van der Waals surface area contributed by atoms with E-state index in [-0.39, 0.29) is 29.0 Å². The number of benzene rings is 1. The highest BCUT2D eigenvalue weighted by atomic mass is 32.2. The number of thioether (sulfide) groups is 1. The molecule has 2 amide bonds. The Morgan fingerprint density at radius 1 is 1.24 bits per heavy atom. The molecule has 10 nitrogen and oxygen atoms in total. The maximum atomic E-state index is 12.4. The Kier molecular flexibility index (Phi) is 8.36. The van der Waals surface area contributed by atoms with Gasteiger partial charge in [0.1, 0.15) is 5.25 Å². The van der Waals surface area contributed by atoms with Gasteiger partial charge in [-0.25, -0.2) is 0 Å². The highest BCUT2D eigenvalue weighted by Gasteiger charge is 2.32. The summed E-state index contributed by atoms with van der Waals surface area (Å²) in [5, 5.41) is 41.2. The Morgan fingerprint density at radius 3 is 2.53 bits per heavy atom. The fraction of sp³-hybridized carbons (Fsp3) is 0.304. The van der Waals surface area contributed by atoms with Crippen LogP contribution in [0.15, 0.2) is 70.0 Å². The number of hydrogen-bond acceptors (Lipinski definition) is 9. The van der Waals surface area contributed by atoms with Gasteiger partial charge in [0.2, 0.25) is 11.8 Å². The molecule has 180 valence electrons. The molecule has 2 aliphatic rings. The second-order valence-corrected chi connectivity index (χ2v) is 8.82. The summed E-state index contributed by atoms with van der Waals surface area (Å²) in [6.45, 7) is 6.80.